The minimum Gasteiger partial charge on any atom is -0.305 e. The van der Waals surface area contributed by atoms with Crippen molar-refractivity contribution >= 4 is 11.3 Å². The van der Waals surface area contributed by atoms with Gasteiger partial charge in [-0.2, -0.15) is 0 Å². The highest BCUT2D eigenvalue weighted by Gasteiger charge is 2.17. The van der Waals surface area contributed by atoms with Crippen LogP contribution in [-0.2, 0) is 0 Å². The van der Waals surface area contributed by atoms with Gasteiger partial charge >= 0.3 is 0 Å². The van der Waals surface area contributed by atoms with Gasteiger partial charge in [-0.15, -0.1) is 11.3 Å². The minimum absolute atomic E-state index is 0.209. The summed E-state index contributed by atoms with van der Waals surface area (Å²) in [5.41, 5.74) is 4.93. The van der Waals surface area contributed by atoms with Gasteiger partial charge in [-0.25, -0.2) is 0 Å². The van der Waals surface area contributed by atoms with Crippen LogP contribution in [0.25, 0.3) is 0 Å². The molecule has 0 bridgehead atoms. The largest absolute Gasteiger partial charge is 0.305 e. The molecule has 3 heteroatoms. The molecule has 18 heavy (non-hydrogen) atoms. The third-order valence-electron chi connectivity index (χ3n) is 3.02. The van der Waals surface area contributed by atoms with Crippen molar-refractivity contribution in [3.8, 4) is 0 Å². The van der Waals surface area contributed by atoms with Gasteiger partial charge in [-0.1, -0.05) is 13.0 Å². The molecule has 2 heterocycles. The summed E-state index contributed by atoms with van der Waals surface area (Å²) in [6.45, 7) is 9.44. The maximum atomic E-state index is 4.62. The highest BCUT2D eigenvalue weighted by atomic mass is 32.1. The molecule has 0 aromatic carbocycles. The van der Waals surface area contributed by atoms with E-state index in [1.165, 1.54) is 21.6 Å². The van der Waals surface area contributed by atoms with E-state index in [2.05, 4.69) is 55.5 Å². The average Bonchev–Trinajstić information content (AvgIpc) is 2.73. The van der Waals surface area contributed by atoms with Gasteiger partial charge in [-0.3, -0.25) is 4.98 Å². The van der Waals surface area contributed by atoms with E-state index in [1.54, 1.807) is 11.3 Å². The maximum Gasteiger partial charge on any atom is 0.0762 e. The Kier molecular flexibility index (Phi) is 4.15. The predicted molar refractivity (Wildman–Crippen MR) is 78.3 cm³/mol. The highest BCUT2D eigenvalue weighted by molar-refractivity contribution is 7.10. The van der Waals surface area contributed by atoms with Crippen molar-refractivity contribution in [1.82, 2.24) is 10.3 Å². The summed E-state index contributed by atoms with van der Waals surface area (Å²) in [7, 11) is 0. The number of aryl methyl sites for hydroxylation is 3. The molecule has 0 radical (unpaired) electrons. The lowest BCUT2D eigenvalue weighted by Crippen LogP contribution is -2.23. The second-order valence-electron chi connectivity index (χ2n) is 4.70. The third-order valence-corrected chi connectivity index (χ3v) is 3.90. The number of hydrogen-bond donors (Lipinski definition) is 1. The van der Waals surface area contributed by atoms with Crippen LogP contribution in [0.4, 0.5) is 0 Å². The monoisotopic (exact) mass is 260 g/mol. The van der Waals surface area contributed by atoms with Crippen LogP contribution in [0.5, 0.6) is 0 Å². The first kappa shape index (κ1) is 13.2. The Morgan fingerprint density at radius 1 is 1.28 bits per heavy atom. The summed E-state index contributed by atoms with van der Waals surface area (Å²) in [4.78, 5) is 5.97. The summed E-state index contributed by atoms with van der Waals surface area (Å²) in [6.07, 6.45) is 1.95. The van der Waals surface area contributed by atoms with Crippen LogP contribution in [0.2, 0.25) is 0 Å². The van der Waals surface area contributed by atoms with Gasteiger partial charge in [0.1, 0.15) is 0 Å². The molecule has 0 saturated carbocycles. The van der Waals surface area contributed by atoms with Gasteiger partial charge in [0.2, 0.25) is 0 Å². The molecule has 1 unspecified atom stereocenters. The zero-order valence-electron chi connectivity index (χ0n) is 11.4. The fourth-order valence-electron chi connectivity index (χ4n) is 2.22. The van der Waals surface area contributed by atoms with Crippen LogP contribution in [0.15, 0.2) is 23.7 Å². The quantitative estimate of drug-likeness (QED) is 0.905. The van der Waals surface area contributed by atoms with E-state index in [0.29, 0.717) is 0 Å². The fourth-order valence-corrected chi connectivity index (χ4v) is 2.95. The molecule has 0 fully saturated rings. The van der Waals surface area contributed by atoms with Crippen LogP contribution in [0.1, 0.15) is 40.2 Å². The molecule has 0 aliphatic rings. The standard InChI is InChI=1S/C15H20N2S/c1-5-16-15(13-7-12(4)18-9-13)14-11(3)6-10(2)8-17-14/h6-9,15-16H,5H2,1-4H3. The third kappa shape index (κ3) is 2.79. The number of nitrogens with one attached hydrogen (secondary N) is 1. The lowest BCUT2D eigenvalue weighted by Gasteiger charge is -2.18. The number of aromatic nitrogens is 1. The Labute approximate surface area is 113 Å². The topological polar surface area (TPSA) is 24.9 Å². The summed E-state index contributed by atoms with van der Waals surface area (Å²) in [6, 6.07) is 4.66. The van der Waals surface area contributed by atoms with Gasteiger partial charge in [0, 0.05) is 11.1 Å². The van der Waals surface area contributed by atoms with Crippen molar-refractivity contribution < 1.29 is 0 Å². The van der Waals surface area contributed by atoms with Gasteiger partial charge in [0.05, 0.1) is 11.7 Å². The van der Waals surface area contributed by atoms with Crippen molar-refractivity contribution in [3.63, 3.8) is 0 Å². The van der Waals surface area contributed by atoms with Crippen LogP contribution >= 0.6 is 11.3 Å². The first-order valence-electron chi connectivity index (χ1n) is 6.33. The second-order valence-corrected chi connectivity index (χ2v) is 5.81. The zero-order chi connectivity index (χ0) is 13.1. The van der Waals surface area contributed by atoms with Gasteiger partial charge in [0.15, 0.2) is 0 Å². The molecular formula is C15H20N2S. The van der Waals surface area contributed by atoms with Crippen LogP contribution in [-0.4, -0.2) is 11.5 Å². The molecule has 2 nitrogen and oxygen atoms in total. The molecule has 2 aromatic heterocycles. The lowest BCUT2D eigenvalue weighted by atomic mass is 10.0. The summed E-state index contributed by atoms with van der Waals surface area (Å²) in [5.74, 6) is 0. The molecule has 0 saturated heterocycles. The Morgan fingerprint density at radius 3 is 2.61 bits per heavy atom. The highest BCUT2D eigenvalue weighted by Crippen LogP contribution is 2.27. The van der Waals surface area contributed by atoms with Crippen LogP contribution in [0, 0.1) is 20.8 Å². The first-order valence-corrected chi connectivity index (χ1v) is 7.21. The van der Waals surface area contributed by atoms with E-state index in [0.717, 1.165) is 12.2 Å². The molecule has 0 amide bonds. The summed E-state index contributed by atoms with van der Waals surface area (Å²) in [5, 5.41) is 5.76. The Hall–Kier alpha value is -1.19. The summed E-state index contributed by atoms with van der Waals surface area (Å²) < 4.78 is 0. The molecule has 96 valence electrons. The molecule has 1 N–H and O–H groups in total. The Balaban J connectivity index is 2.41. The van der Waals surface area contributed by atoms with E-state index >= 15 is 0 Å². The van der Waals surface area contributed by atoms with Gasteiger partial charge in [-0.05, 0) is 55.5 Å². The van der Waals surface area contributed by atoms with Crippen molar-refractivity contribution in [1.29, 1.82) is 0 Å². The van der Waals surface area contributed by atoms with E-state index in [9.17, 15) is 0 Å². The van der Waals surface area contributed by atoms with Crippen molar-refractivity contribution in [2.45, 2.75) is 33.7 Å². The maximum absolute atomic E-state index is 4.62. The normalized spacial score (nSPS) is 12.7. The number of thiophene rings is 1. The lowest BCUT2D eigenvalue weighted by molar-refractivity contribution is 0.613. The summed E-state index contributed by atoms with van der Waals surface area (Å²) >= 11 is 1.79. The van der Waals surface area contributed by atoms with Crippen molar-refractivity contribution in [3.05, 3.63) is 51.0 Å². The van der Waals surface area contributed by atoms with E-state index in [4.69, 9.17) is 0 Å². The number of nitrogens with zero attached hydrogens (tertiary/aromatic N) is 1. The number of rotatable bonds is 4. The van der Waals surface area contributed by atoms with Crippen LogP contribution in [0.3, 0.4) is 0 Å². The minimum atomic E-state index is 0.209. The number of hydrogen-bond acceptors (Lipinski definition) is 3. The van der Waals surface area contributed by atoms with Crippen LogP contribution < -0.4 is 5.32 Å². The molecule has 0 spiro atoms. The molecule has 0 aliphatic heterocycles. The zero-order valence-corrected chi connectivity index (χ0v) is 12.3. The molecule has 2 aromatic rings. The van der Waals surface area contributed by atoms with Crippen molar-refractivity contribution in [2.75, 3.05) is 6.54 Å². The van der Waals surface area contributed by atoms with Crippen molar-refractivity contribution in [2.24, 2.45) is 0 Å². The van der Waals surface area contributed by atoms with E-state index < -0.39 is 0 Å². The molecule has 1 atom stereocenters. The van der Waals surface area contributed by atoms with E-state index in [1.807, 2.05) is 6.20 Å². The van der Waals surface area contributed by atoms with Gasteiger partial charge < -0.3 is 5.32 Å². The van der Waals surface area contributed by atoms with E-state index in [-0.39, 0.29) is 6.04 Å². The molecule has 0 aliphatic carbocycles. The fraction of sp³-hybridized carbons (Fsp3) is 0.400. The van der Waals surface area contributed by atoms with Gasteiger partial charge in [0.25, 0.3) is 0 Å². The second kappa shape index (κ2) is 5.63. The number of pyridine rings is 1. The Morgan fingerprint density at radius 2 is 2.06 bits per heavy atom. The Bertz CT molecular complexity index is 531. The first-order chi connectivity index (χ1) is 8.61. The average molecular weight is 260 g/mol. The molecule has 2 rings (SSSR count). The predicted octanol–water partition coefficient (Wildman–Crippen LogP) is 3.77. The smallest absolute Gasteiger partial charge is 0.0762 e. The molecular weight excluding hydrogens is 240 g/mol. The SMILES string of the molecule is CCNC(c1csc(C)c1)c1ncc(C)cc1C.